The molecule has 2 rings (SSSR count). The molecular weight excluding hydrogens is 292 g/mol. The van der Waals surface area contributed by atoms with Crippen molar-refractivity contribution in [2.75, 3.05) is 0 Å². The number of halogens is 4. The second-order valence-electron chi connectivity index (χ2n) is 3.88. The maximum absolute atomic E-state index is 13.1. The summed E-state index contributed by atoms with van der Waals surface area (Å²) >= 11 is 0. The van der Waals surface area contributed by atoms with Gasteiger partial charge in [0.15, 0.2) is 0 Å². The Balaban J connectivity index is 2.32. The van der Waals surface area contributed by atoms with Crippen LogP contribution in [0.25, 0.3) is 0 Å². The second kappa shape index (κ2) is 5.35. The smallest absolute Gasteiger partial charge is 0.419 e. The van der Waals surface area contributed by atoms with Gasteiger partial charge >= 0.3 is 12.2 Å². The van der Waals surface area contributed by atoms with E-state index in [0.29, 0.717) is 12.1 Å². The number of ether oxygens (including phenoxy) is 1. The van der Waals surface area contributed by atoms with Crippen LogP contribution in [-0.2, 0) is 6.18 Å². The predicted molar refractivity (Wildman–Crippen MR) is 64.5 cm³/mol. The monoisotopic (exact) mass is 300 g/mol. The van der Waals surface area contributed by atoms with Crippen LogP contribution in [0, 0.1) is 11.2 Å². The van der Waals surface area contributed by atoms with Crippen LogP contribution in [0.1, 0.15) is 11.3 Å². The fourth-order valence-electron chi connectivity index (χ4n) is 1.43. The third kappa shape index (κ3) is 3.44. The molecule has 1 aromatic heterocycles. The number of benzene rings is 1. The molecule has 0 fully saturated rings. The first-order valence-electron chi connectivity index (χ1n) is 5.49. The van der Waals surface area contributed by atoms with Crippen LogP contribution >= 0.6 is 0 Å². The lowest BCUT2D eigenvalue weighted by Crippen LogP contribution is -2.13. The Hall–Kier alpha value is -2.71. The highest BCUT2D eigenvalue weighted by atomic mass is 19.4. The molecule has 5 nitrogen and oxygen atoms in total. The molecule has 0 saturated heterocycles. The fourth-order valence-corrected chi connectivity index (χ4v) is 1.43. The van der Waals surface area contributed by atoms with E-state index in [4.69, 9.17) is 15.9 Å². The molecule has 0 bridgehead atoms. The van der Waals surface area contributed by atoms with Crippen molar-refractivity contribution in [2.45, 2.75) is 6.18 Å². The largest absolute Gasteiger partial charge is 0.424 e. The normalized spacial score (nSPS) is 11.2. The van der Waals surface area contributed by atoms with E-state index in [1.807, 2.05) is 0 Å². The van der Waals surface area contributed by atoms with Gasteiger partial charge in [-0.2, -0.15) is 18.2 Å². The summed E-state index contributed by atoms with van der Waals surface area (Å²) in [6.45, 7) is 0. The molecule has 0 unspecified atom stereocenters. The molecule has 9 heteroatoms. The van der Waals surface area contributed by atoms with Crippen molar-refractivity contribution in [2.24, 2.45) is 5.73 Å². The van der Waals surface area contributed by atoms with Crippen molar-refractivity contribution >= 4 is 5.84 Å². The summed E-state index contributed by atoms with van der Waals surface area (Å²) in [6, 6.07) is 3.17. The van der Waals surface area contributed by atoms with E-state index in [0.717, 1.165) is 6.07 Å². The molecule has 2 aromatic rings. The molecule has 0 aliphatic rings. The number of nitrogen functional groups attached to an aromatic ring is 1. The van der Waals surface area contributed by atoms with E-state index in [1.165, 1.54) is 12.3 Å². The maximum Gasteiger partial charge on any atom is 0.419 e. The van der Waals surface area contributed by atoms with Gasteiger partial charge in [0, 0.05) is 6.20 Å². The molecule has 1 aromatic carbocycles. The number of alkyl halides is 3. The van der Waals surface area contributed by atoms with Crippen LogP contribution < -0.4 is 10.5 Å². The number of rotatable bonds is 3. The third-order valence-electron chi connectivity index (χ3n) is 2.36. The van der Waals surface area contributed by atoms with Gasteiger partial charge in [0.05, 0.1) is 5.56 Å². The Labute approximate surface area is 115 Å². The summed E-state index contributed by atoms with van der Waals surface area (Å²) in [4.78, 5) is 7.39. The molecule has 0 aliphatic heterocycles. The zero-order chi connectivity index (χ0) is 15.6. The van der Waals surface area contributed by atoms with Crippen molar-refractivity contribution in [3.05, 3.63) is 47.5 Å². The van der Waals surface area contributed by atoms with Crippen molar-refractivity contribution in [1.82, 2.24) is 9.97 Å². The van der Waals surface area contributed by atoms with Gasteiger partial charge in [-0.05, 0) is 24.3 Å². The minimum Gasteiger partial charge on any atom is -0.424 e. The molecule has 0 atom stereocenters. The third-order valence-corrected chi connectivity index (χ3v) is 2.36. The highest BCUT2D eigenvalue weighted by Crippen LogP contribution is 2.34. The van der Waals surface area contributed by atoms with E-state index < -0.39 is 17.6 Å². The number of nitrogens with one attached hydrogen (secondary N) is 1. The van der Waals surface area contributed by atoms with E-state index in [2.05, 4.69) is 9.97 Å². The molecule has 3 N–H and O–H groups in total. The van der Waals surface area contributed by atoms with E-state index in [1.54, 1.807) is 0 Å². The van der Waals surface area contributed by atoms with Gasteiger partial charge < -0.3 is 10.5 Å². The minimum absolute atomic E-state index is 0.0538. The van der Waals surface area contributed by atoms with Crippen molar-refractivity contribution in [3.63, 3.8) is 0 Å². The quantitative estimate of drug-likeness (QED) is 0.518. The van der Waals surface area contributed by atoms with Gasteiger partial charge in [0.1, 0.15) is 23.1 Å². The molecule has 0 amide bonds. The van der Waals surface area contributed by atoms with Gasteiger partial charge in [0.25, 0.3) is 0 Å². The van der Waals surface area contributed by atoms with Crippen molar-refractivity contribution < 1.29 is 22.3 Å². The molecular formula is C12H8F4N4O. The van der Waals surface area contributed by atoms with Crippen LogP contribution in [0.2, 0.25) is 0 Å². The first kappa shape index (κ1) is 14.7. The summed E-state index contributed by atoms with van der Waals surface area (Å²) in [5.41, 5.74) is 3.81. The topological polar surface area (TPSA) is 84.9 Å². The van der Waals surface area contributed by atoms with E-state index >= 15 is 0 Å². The van der Waals surface area contributed by atoms with Crippen LogP contribution in [-0.4, -0.2) is 15.8 Å². The average Bonchev–Trinajstić information content (AvgIpc) is 2.40. The van der Waals surface area contributed by atoms with E-state index in [9.17, 15) is 17.6 Å². The highest BCUT2D eigenvalue weighted by Gasteiger charge is 2.34. The molecule has 0 saturated carbocycles. The zero-order valence-corrected chi connectivity index (χ0v) is 10.3. The number of nitrogens with zero attached hydrogens (tertiary/aromatic N) is 2. The lowest BCUT2D eigenvalue weighted by atomic mass is 10.2. The summed E-state index contributed by atoms with van der Waals surface area (Å²) in [6.07, 6.45) is -3.61. The van der Waals surface area contributed by atoms with Gasteiger partial charge in [-0.3, -0.25) is 5.41 Å². The predicted octanol–water partition coefficient (Wildman–Crippen LogP) is 2.71. The average molecular weight is 300 g/mol. The molecule has 0 radical (unpaired) electrons. The summed E-state index contributed by atoms with van der Waals surface area (Å²) in [7, 11) is 0. The number of hydrogen-bond donors (Lipinski definition) is 2. The Kier molecular flexibility index (Phi) is 3.74. The Bertz CT molecular complexity index is 687. The fraction of sp³-hybridized carbons (Fsp3) is 0.0833. The van der Waals surface area contributed by atoms with Crippen molar-refractivity contribution in [3.8, 4) is 11.8 Å². The summed E-state index contributed by atoms with van der Waals surface area (Å²) in [5.74, 6) is -2.05. The lowest BCUT2D eigenvalue weighted by molar-refractivity contribution is -0.140. The van der Waals surface area contributed by atoms with Crippen LogP contribution in [0.15, 0.2) is 30.5 Å². The van der Waals surface area contributed by atoms with Gasteiger partial charge in [0.2, 0.25) is 0 Å². The minimum atomic E-state index is -4.84. The van der Waals surface area contributed by atoms with Gasteiger partial charge in [-0.15, -0.1) is 0 Å². The van der Waals surface area contributed by atoms with Crippen LogP contribution in [0.5, 0.6) is 11.8 Å². The van der Waals surface area contributed by atoms with Crippen molar-refractivity contribution in [1.29, 1.82) is 5.41 Å². The second-order valence-corrected chi connectivity index (χ2v) is 3.88. The molecule has 1 heterocycles. The number of aromatic nitrogens is 2. The summed E-state index contributed by atoms with van der Waals surface area (Å²) in [5, 5.41) is 7.19. The Morgan fingerprint density at radius 1 is 1.24 bits per heavy atom. The Morgan fingerprint density at radius 3 is 2.57 bits per heavy atom. The first-order valence-corrected chi connectivity index (χ1v) is 5.49. The first-order chi connectivity index (χ1) is 9.77. The van der Waals surface area contributed by atoms with Crippen LogP contribution in [0.3, 0.4) is 0 Å². The molecule has 0 spiro atoms. The number of nitrogens with two attached hydrogens (primary N) is 1. The molecule has 0 aliphatic carbocycles. The van der Waals surface area contributed by atoms with Gasteiger partial charge in [-0.1, -0.05) is 0 Å². The zero-order valence-electron chi connectivity index (χ0n) is 10.3. The van der Waals surface area contributed by atoms with Crippen LogP contribution in [0.4, 0.5) is 17.6 Å². The maximum atomic E-state index is 13.1. The van der Waals surface area contributed by atoms with Gasteiger partial charge in [-0.25, -0.2) is 9.37 Å². The number of hydrogen-bond acceptors (Lipinski definition) is 4. The highest BCUT2D eigenvalue weighted by molar-refractivity contribution is 5.92. The Morgan fingerprint density at radius 2 is 1.95 bits per heavy atom. The van der Waals surface area contributed by atoms with E-state index in [-0.39, 0.29) is 23.3 Å². The lowest BCUT2D eigenvalue weighted by Gasteiger charge is -2.10. The number of amidine groups is 1. The molecule has 110 valence electrons. The summed E-state index contributed by atoms with van der Waals surface area (Å²) < 4.78 is 55.8. The SMILES string of the molecule is N=C(N)c1ccnc(Oc2ccc(F)c(C(F)(F)F)c2)n1. The standard InChI is InChI=1S/C12H8F4N4O/c13-8-2-1-6(5-7(8)12(14,15)16)21-11-19-4-3-9(20-11)10(17)18/h1-5H,(H3,17,18). The molecule has 21 heavy (non-hydrogen) atoms.